The Bertz CT molecular complexity index is 2410. The molecule has 0 N–H and O–H groups in total. The molecule has 222 valence electrons. The van der Waals surface area contributed by atoms with E-state index in [0.29, 0.717) is 11.8 Å². The summed E-state index contributed by atoms with van der Waals surface area (Å²) in [6.45, 7) is 0. The first-order chi connectivity index (χ1) is 23.2. The summed E-state index contributed by atoms with van der Waals surface area (Å²) < 4.78 is 12.3. The van der Waals surface area contributed by atoms with Crippen LogP contribution in [-0.2, 0) is 0 Å². The molecular formula is C42H27N3O2. The van der Waals surface area contributed by atoms with Crippen molar-refractivity contribution in [2.75, 3.05) is 4.90 Å². The second kappa shape index (κ2) is 11.2. The van der Waals surface area contributed by atoms with Crippen LogP contribution in [-0.4, -0.2) is 9.97 Å². The van der Waals surface area contributed by atoms with E-state index in [-0.39, 0.29) is 0 Å². The maximum absolute atomic E-state index is 6.22. The zero-order valence-electron chi connectivity index (χ0n) is 25.2. The molecule has 0 aliphatic carbocycles. The molecular weight excluding hydrogens is 578 g/mol. The highest BCUT2D eigenvalue weighted by atomic mass is 16.4. The quantitative estimate of drug-likeness (QED) is 0.189. The van der Waals surface area contributed by atoms with E-state index in [0.717, 1.165) is 61.2 Å². The number of hydrogen-bond acceptors (Lipinski definition) is 5. The lowest BCUT2D eigenvalue weighted by Crippen LogP contribution is -2.09. The van der Waals surface area contributed by atoms with Crippen molar-refractivity contribution in [2.45, 2.75) is 0 Å². The molecule has 0 aliphatic rings. The summed E-state index contributed by atoms with van der Waals surface area (Å²) in [7, 11) is 0. The predicted molar refractivity (Wildman–Crippen MR) is 190 cm³/mol. The molecule has 7 aromatic carbocycles. The van der Waals surface area contributed by atoms with Crippen LogP contribution in [0.15, 0.2) is 173 Å². The summed E-state index contributed by atoms with van der Waals surface area (Å²) in [5.41, 5.74) is 10.5. The molecule has 0 fully saturated rings. The lowest BCUT2D eigenvalue weighted by atomic mass is 10.0. The highest BCUT2D eigenvalue weighted by Crippen LogP contribution is 2.38. The van der Waals surface area contributed by atoms with Gasteiger partial charge in [-0.3, -0.25) is 0 Å². The van der Waals surface area contributed by atoms with Gasteiger partial charge in [0, 0.05) is 28.2 Å². The van der Waals surface area contributed by atoms with Crippen molar-refractivity contribution in [1.29, 1.82) is 0 Å². The van der Waals surface area contributed by atoms with Gasteiger partial charge < -0.3 is 13.7 Å². The summed E-state index contributed by atoms with van der Waals surface area (Å²) in [5.74, 6) is 1.20. The monoisotopic (exact) mass is 605 g/mol. The summed E-state index contributed by atoms with van der Waals surface area (Å²) >= 11 is 0. The normalized spacial score (nSPS) is 11.4. The Morgan fingerprint density at radius 3 is 1.45 bits per heavy atom. The van der Waals surface area contributed by atoms with E-state index in [1.165, 1.54) is 11.1 Å². The zero-order valence-corrected chi connectivity index (χ0v) is 25.2. The van der Waals surface area contributed by atoms with E-state index in [1.807, 2.05) is 42.5 Å². The van der Waals surface area contributed by atoms with Crippen LogP contribution in [0.1, 0.15) is 0 Å². The molecule has 0 saturated carbocycles. The van der Waals surface area contributed by atoms with Crippen LogP contribution in [0.4, 0.5) is 17.1 Å². The first-order valence-corrected chi connectivity index (χ1v) is 15.6. The molecule has 0 atom stereocenters. The van der Waals surface area contributed by atoms with Crippen LogP contribution >= 0.6 is 0 Å². The predicted octanol–water partition coefficient (Wildman–Crippen LogP) is 11.6. The molecule has 0 amide bonds. The largest absolute Gasteiger partial charge is 0.436 e. The lowest BCUT2D eigenvalue weighted by Gasteiger charge is -2.26. The van der Waals surface area contributed by atoms with Crippen molar-refractivity contribution in [3.05, 3.63) is 164 Å². The van der Waals surface area contributed by atoms with Gasteiger partial charge in [-0.2, -0.15) is 0 Å². The van der Waals surface area contributed by atoms with Crippen molar-refractivity contribution in [2.24, 2.45) is 0 Å². The summed E-state index contributed by atoms with van der Waals surface area (Å²) in [4.78, 5) is 11.8. The van der Waals surface area contributed by atoms with E-state index >= 15 is 0 Å². The Hall–Kier alpha value is -6.46. The second-order valence-corrected chi connectivity index (χ2v) is 11.5. The van der Waals surface area contributed by atoms with Crippen LogP contribution in [0.5, 0.6) is 0 Å². The molecule has 0 spiro atoms. The molecule has 0 radical (unpaired) electrons. The van der Waals surface area contributed by atoms with Gasteiger partial charge in [-0.25, -0.2) is 9.97 Å². The minimum atomic E-state index is 0.600. The van der Waals surface area contributed by atoms with Crippen molar-refractivity contribution < 1.29 is 8.83 Å². The van der Waals surface area contributed by atoms with Gasteiger partial charge in [-0.15, -0.1) is 0 Å². The molecule has 0 unspecified atom stereocenters. The van der Waals surface area contributed by atoms with Crippen molar-refractivity contribution in [1.82, 2.24) is 9.97 Å². The standard InChI is InChI=1S/C42H27N3O2/c1-2-8-28(9-3-1)29-14-20-34(21-15-29)45(35-22-16-30(17-23-35)41-43-37-12-6-7-13-39(37)46-41)36-24-18-31(19-25-36)42-44-38-26-32-10-4-5-11-33(32)27-40(38)47-42/h1-27H. The fourth-order valence-electron chi connectivity index (χ4n) is 6.12. The van der Waals surface area contributed by atoms with Crippen LogP contribution in [0.3, 0.4) is 0 Å². The van der Waals surface area contributed by atoms with Crippen LogP contribution in [0.2, 0.25) is 0 Å². The second-order valence-electron chi connectivity index (χ2n) is 11.5. The van der Waals surface area contributed by atoms with Gasteiger partial charge in [0.15, 0.2) is 11.2 Å². The molecule has 0 saturated heterocycles. The smallest absolute Gasteiger partial charge is 0.227 e. The third kappa shape index (κ3) is 5.00. The van der Waals surface area contributed by atoms with Crippen LogP contribution in [0.25, 0.3) is 67.0 Å². The van der Waals surface area contributed by atoms with Crippen LogP contribution < -0.4 is 4.90 Å². The number of anilines is 3. The van der Waals surface area contributed by atoms with E-state index in [4.69, 9.17) is 13.8 Å². The van der Waals surface area contributed by atoms with E-state index in [1.54, 1.807) is 0 Å². The van der Waals surface area contributed by atoms with E-state index < -0.39 is 0 Å². The highest BCUT2D eigenvalue weighted by molar-refractivity contribution is 5.95. The van der Waals surface area contributed by atoms with E-state index in [9.17, 15) is 0 Å². The fraction of sp³-hybridized carbons (Fsp3) is 0. The Morgan fingerprint density at radius 1 is 0.362 bits per heavy atom. The summed E-state index contributed by atoms with van der Waals surface area (Å²) in [6, 6.07) is 56.0. The van der Waals surface area contributed by atoms with Gasteiger partial charge in [0.25, 0.3) is 0 Å². The average molecular weight is 606 g/mol. The zero-order chi connectivity index (χ0) is 31.2. The Balaban J connectivity index is 1.08. The number of aromatic nitrogens is 2. The van der Waals surface area contributed by atoms with Crippen molar-refractivity contribution >= 4 is 50.0 Å². The minimum absolute atomic E-state index is 0.600. The number of fused-ring (bicyclic) bond motifs is 3. The van der Waals surface area contributed by atoms with Gasteiger partial charge in [0.05, 0.1) is 0 Å². The Morgan fingerprint density at radius 2 is 0.830 bits per heavy atom. The Labute approximate surface area is 271 Å². The molecule has 2 heterocycles. The summed E-state index contributed by atoms with van der Waals surface area (Å²) in [6.07, 6.45) is 0. The molecule has 5 nitrogen and oxygen atoms in total. The number of benzene rings is 7. The van der Waals surface area contributed by atoms with Gasteiger partial charge in [0.1, 0.15) is 11.0 Å². The molecule has 9 rings (SSSR count). The van der Waals surface area contributed by atoms with Gasteiger partial charge in [-0.05, 0) is 107 Å². The molecule has 0 aliphatic heterocycles. The SMILES string of the molecule is c1ccc(-c2ccc(N(c3ccc(-c4nc5ccccc5o4)cc3)c3ccc(-c4nc5cc6ccccc6cc5o4)cc3)cc2)cc1. The van der Waals surface area contributed by atoms with E-state index in [2.05, 4.69) is 131 Å². The number of para-hydroxylation sites is 2. The lowest BCUT2D eigenvalue weighted by molar-refractivity contribution is 0.619. The molecule has 5 heteroatoms. The maximum Gasteiger partial charge on any atom is 0.227 e. The van der Waals surface area contributed by atoms with Crippen molar-refractivity contribution in [3.63, 3.8) is 0 Å². The number of hydrogen-bond donors (Lipinski definition) is 0. The first kappa shape index (κ1) is 26.9. The van der Waals surface area contributed by atoms with Gasteiger partial charge >= 0.3 is 0 Å². The maximum atomic E-state index is 6.22. The Kier molecular flexibility index (Phi) is 6.39. The highest BCUT2D eigenvalue weighted by Gasteiger charge is 2.16. The number of rotatable bonds is 6. The van der Waals surface area contributed by atoms with Gasteiger partial charge in [0.2, 0.25) is 11.8 Å². The topological polar surface area (TPSA) is 55.3 Å². The summed E-state index contributed by atoms with van der Waals surface area (Å²) in [5, 5.41) is 2.28. The van der Waals surface area contributed by atoms with Crippen LogP contribution in [0, 0.1) is 0 Å². The number of oxazole rings is 2. The number of nitrogens with zero attached hydrogens (tertiary/aromatic N) is 3. The molecule has 9 aromatic rings. The molecule has 0 bridgehead atoms. The minimum Gasteiger partial charge on any atom is -0.436 e. The fourth-order valence-corrected chi connectivity index (χ4v) is 6.12. The average Bonchev–Trinajstić information content (AvgIpc) is 3.76. The molecule has 2 aromatic heterocycles. The van der Waals surface area contributed by atoms with Gasteiger partial charge in [-0.1, -0.05) is 78.9 Å². The first-order valence-electron chi connectivity index (χ1n) is 15.6. The third-order valence-electron chi connectivity index (χ3n) is 8.53. The third-order valence-corrected chi connectivity index (χ3v) is 8.53. The molecule has 47 heavy (non-hydrogen) atoms. The van der Waals surface area contributed by atoms with Crippen molar-refractivity contribution in [3.8, 4) is 34.0 Å².